The van der Waals surface area contributed by atoms with E-state index in [1.165, 1.54) is 14.2 Å². The molecule has 0 unspecified atom stereocenters. The molecule has 1 aromatic heterocycles. The number of fused-ring (bicyclic) bond motifs is 1. The van der Waals surface area contributed by atoms with Crippen molar-refractivity contribution in [1.29, 1.82) is 0 Å². The number of pyridine rings is 1. The smallest absolute Gasteiger partial charge is 0.339 e. The van der Waals surface area contributed by atoms with E-state index in [1.807, 2.05) is 0 Å². The van der Waals surface area contributed by atoms with Crippen molar-refractivity contribution in [2.24, 2.45) is 0 Å². The molecule has 0 saturated heterocycles. The average molecular weight is 478 g/mol. The molecule has 0 aliphatic carbocycles. The molecule has 3 aromatic carbocycles. The van der Waals surface area contributed by atoms with Crippen LogP contribution in [-0.4, -0.2) is 37.7 Å². The molecule has 178 valence electrons. The van der Waals surface area contributed by atoms with Gasteiger partial charge < -0.3 is 19.5 Å². The van der Waals surface area contributed by atoms with Crippen molar-refractivity contribution >= 4 is 28.5 Å². The average Bonchev–Trinajstić information content (AvgIpc) is 2.88. The fraction of sp³-hybridized carbons (Fsp3) is 0.115. The number of hydrogen-bond acceptors (Lipinski definition) is 6. The van der Waals surface area contributed by atoms with Crippen molar-refractivity contribution in [3.05, 3.63) is 83.9 Å². The van der Waals surface area contributed by atoms with E-state index in [4.69, 9.17) is 14.2 Å². The second kappa shape index (κ2) is 10.2. The minimum Gasteiger partial charge on any atom is -0.493 e. The first-order valence-electron chi connectivity index (χ1n) is 10.4. The molecule has 0 bridgehead atoms. The van der Waals surface area contributed by atoms with Crippen molar-refractivity contribution in [3.63, 3.8) is 0 Å². The Hall–Kier alpha value is -4.53. The number of methoxy groups -OCH3 is 2. The molecule has 35 heavy (non-hydrogen) atoms. The quantitative estimate of drug-likeness (QED) is 0.377. The predicted octanol–water partition coefficient (Wildman–Crippen LogP) is 4.99. The highest BCUT2D eigenvalue weighted by atomic mass is 19.1. The second-order valence-electron chi connectivity index (χ2n) is 7.39. The van der Waals surface area contributed by atoms with E-state index in [9.17, 15) is 18.4 Å². The number of rotatable bonds is 7. The third kappa shape index (κ3) is 5.19. The molecule has 0 aliphatic heterocycles. The van der Waals surface area contributed by atoms with Crippen LogP contribution >= 0.6 is 0 Å². The Morgan fingerprint density at radius 1 is 0.914 bits per heavy atom. The number of halogens is 2. The highest BCUT2D eigenvalue weighted by Crippen LogP contribution is 2.33. The van der Waals surface area contributed by atoms with Gasteiger partial charge in [0.2, 0.25) is 0 Å². The molecular weight excluding hydrogens is 458 g/mol. The summed E-state index contributed by atoms with van der Waals surface area (Å²) in [6, 6.07) is 16.4. The Bertz CT molecular complexity index is 1420. The van der Waals surface area contributed by atoms with Crippen LogP contribution < -0.4 is 14.8 Å². The van der Waals surface area contributed by atoms with E-state index < -0.39 is 30.1 Å². The summed E-state index contributed by atoms with van der Waals surface area (Å²) in [7, 11) is 3.04. The van der Waals surface area contributed by atoms with Crippen LogP contribution in [0.3, 0.4) is 0 Å². The number of hydrogen-bond donors (Lipinski definition) is 1. The summed E-state index contributed by atoms with van der Waals surface area (Å²) in [5, 5.41) is 2.71. The van der Waals surface area contributed by atoms with Crippen molar-refractivity contribution in [2.75, 3.05) is 26.1 Å². The normalized spacial score (nSPS) is 10.6. The molecule has 0 spiro atoms. The molecule has 4 aromatic rings. The zero-order chi connectivity index (χ0) is 24.9. The van der Waals surface area contributed by atoms with Gasteiger partial charge in [0.15, 0.2) is 18.1 Å². The molecule has 9 heteroatoms. The number of aromatic nitrogens is 1. The molecule has 4 rings (SSSR count). The van der Waals surface area contributed by atoms with Gasteiger partial charge in [0.05, 0.1) is 36.7 Å². The summed E-state index contributed by atoms with van der Waals surface area (Å²) in [6.07, 6.45) is 0. The summed E-state index contributed by atoms with van der Waals surface area (Å²) in [5.74, 6) is -2.10. The van der Waals surface area contributed by atoms with E-state index in [0.717, 1.165) is 18.2 Å². The highest BCUT2D eigenvalue weighted by molar-refractivity contribution is 6.05. The molecule has 7 nitrogen and oxygen atoms in total. The Balaban J connectivity index is 1.60. The minimum absolute atomic E-state index is 0.185. The molecule has 1 N–H and O–H groups in total. The van der Waals surface area contributed by atoms with Gasteiger partial charge in [-0.1, -0.05) is 18.2 Å². The predicted molar refractivity (Wildman–Crippen MR) is 126 cm³/mol. The van der Waals surface area contributed by atoms with Gasteiger partial charge in [-0.25, -0.2) is 18.6 Å². The van der Waals surface area contributed by atoms with Gasteiger partial charge in [-0.3, -0.25) is 4.79 Å². The number of benzene rings is 3. The van der Waals surface area contributed by atoms with E-state index in [-0.39, 0.29) is 11.3 Å². The van der Waals surface area contributed by atoms with Crippen molar-refractivity contribution in [3.8, 4) is 22.8 Å². The van der Waals surface area contributed by atoms with Gasteiger partial charge in [0, 0.05) is 17.0 Å². The van der Waals surface area contributed by atoms with Crippen LogP contribution in [0.5, 0.6) is 11.5 Å². The fourth-order valence-corrected chi connectivity index (χ4v) is 3.48. The van der Waals surface area contributed by atoms with Gasteiger partial charge in [0.1, 0.15) is 11.6 Å². The summed E-state index contributed by atoms with van der Waals surface area (Å²) in [6.45, 7) is -0.697. The first kappa shape index (κ1) is 23.6. The maximum atomic E-state index is 13.8. The molecule has 0 fully saturated rings. The van der Waals surface area contributed by atoms with E-state index >= 15 is 0 Å². The van der Waals surface area contributed by atoms with Gasteiger partial charge >= 0.3 is 5.97 Å². The van der Waals surface area contributed by atoms with E-state index in [2.05, 4.69) is 10.3 Å². The number of carbonyl (C=O) groups excluding carboxylic acids is 2. The van der Waals surface area contributed by atoms with Crippen LogP contribution in [0.25, 0.3) is 22.2 Å². The van der Waals surface area contributed by atoms with Crippen LogP contribution in [0.1, 0.15) is 10.4 Å². The number of ether oxygens (including phenoxy) is 3. The van der Waals surface area contributed by atoms with Crippen molar-refractivity contribution < 1.29 is 32.6 Å². The van der Waals surface area contributed by atoms with Crippen molar-refractivity contribution in [1.82, 2.24) is 4.98 Å². The summed E-state index contributed by atoms with van der Waals surface area (Å²) < 4.78 is 42.9. The maximum absolute atomic E-state index is 13.8. The Labute approximate surface area is 199 Å². The Kier molecular flexibility index (Phi) is 6.86. The molecule has 1 amide bonds. The van der Waals surface area contributed by atoms with E-state index in [1.54, 1.807) is 48.5 Å². The van der Waals surface area contributed by atoms with Crippen LogP contribution in [0.15, 0.2) is 66.7 Å². The molecule has 0 aliphatic rings. The topological polar surface area (TPSA) is 86.8 Å². The van der Waals surface area contributed by atoms with Crippen LogP contribution in [0.4, 0.5) is 14.5 Å². The molecule has 0 saturated carbocycles. The summed E-state index contributed by atoms with van der Waals surface area (Å²) >= 11 is 0. The number of carbonyl (C=O) groups is 2. The van der Waals surface area contributed by atoms with Gasteiger partial charge in [-0.05, 0) is 42.5 Å². The molecular formula is C26H20F2N2O5. The Morgan fingerprint density at radius 3 is 2.46 bits per heavy atom. The SMILES string of the molecule is COc1ccc(-c2cc(C(=O)OCC(=O)Nc3cc(F)ccc3F)c3ccccc3n2)cc1OC. The zero-order valence-corrected chi connectivity index (χ0v) is 18.8. The Morgan fingerprint density at radius 2 is 1.69 bits per heavy atom. The number of anilines is 1. The largest absolute Gasteiger partial charge is 0.493 e. The molecule has 0 radical (unpaired) electrons. The third-order valence-electron chi connectivity index (χ3n) is 5.15. The molecule has 1 heterocycles. The van der Waals surface area contributed by atoms with Crippen molar-refractivity contribution in [2.45, 2.75) is 0 Å². The fourth-order valence-electron chi connectivity index (χ4n) is 3.48. The summed E-state index contributed by atoms with van der Waals surface area (Å²) in [4.78, 5) is 29.7. The maximum Gasteiger partial charge on any atom is 0.339 e. The lowest BCUT2D eigenvalue weighted by atomic mass is 10.0. The number of nitrogens with one attached hydrogen (secondary N) is 1. The lowest BCUT2D eigenvalue weighted by molar-refractivity contribution is -0.119. The van der Waals surface area contributed by atoms with Gasteiger partial charge in [-0.2, -0.15) is 0 Å². The minimum atomic E-state index is -0.818. The number of nitrogens with zero attached hydrogens (tertiary/aromatic N) is 1. The van der Waals surface area contributed by atoms with Gasteiger partial charge in [-0.15, -0.1) is 0 Å². The van der Waals surface area contributed by atoms with Crippen LogP contribution in [-0.2, 0) is 9.53 Å². The van der Waals surface area contributed by atoms with E-state index in [0.29, 0.717) is 33.7 Å². The van der Waals surface area contributed by atoms with Crippen LogP contribution in [0, 0.1) is 11.6 Å². The summed E-state index contributed by atoms with van der Waals surface area (Å²) in [5.41, 5.74) is 1.52. The number of amides is 1. The first-order valence-corrected chi connectivity index (χ1v) is 10.4. The number of para-hydroxylation sites is 1. The zero-order valence-electron chi connectivity index (χ0n) is 18.8. The first-order chi connectivity index (χ1) is 16.9. The monoisotopic (exact) mass is 478 g/mol. The highest BCUT2D eigenvalue weighted by Gasteiger charge is 2.18. The lowest BCUT2D eigenvalue weighted by Crippen LogP contribution is -2.21. The lowest BCUT2D eigenvalue weighted by Gasteiger charge is -2.12. The van der Waals surface area contributed by atoms with Gasteiger partial charge in [0.25, 0.3) is 5.91 Å². The molecule has 0 atom stereocenters. The standard InChI is InChI=1S/C26H20F2N2O5/c1-33-23-10-7-15(11-24(23)34-2)21-13-18(17-5-3-4-6-20(17)29-21)26(32)35-14-25(31)30-22-12-16(27)8-9-19(22)28/h3-13H,14H2,1-2H3,(H,30,31). The third-order valence-corrected chi connectivity index (χ3v) is 5.15. The second-order valence-corrected chi connectivity index (χ2v) is 7.39. The number of esters is 1. The van der Waals surface area contributed by atoms with Crippen LogP contribution in [0.2, 0.25) is 0 Å².